The Kier molecular flexibility index (Phi) is 4.59. The van der Waals surface area contributed by atoms with Gasteiger partial charge in [-0.2, -0.15) is 0 Å². The average Bonchev–Trinajstić information content (AvgIpc) is 3.08. The molecule has 3 nitrogen and oxygen atoms in total. The smallest absolute Gasteiger partial charge is 0.127 e. The van der Waals surface area contributed by atoms with Crippen LogP contribution in [0.25, 0.3) is 0 Å². The van der Waals surface area contributed by atoms with Crippen LogP contribution < -0.4 is 14.8 Å². The summed E-state index contributed by atoms with van der Waals surface area (Å²) < 4.78 is 10.9. The predicted molar refractivity (Wildman–Crippen MR) is 82.5 cm³/mol. The molecule has 1 aliphatic carbocycles. The Hall–Kier alpha value is -1.22. The third-order valence-electron chi connectivity index (χ3n) is 4.38. The molecule has 0 bridgehead atoms. The number of hydrogen-bond acceptors (Lipinski definition) is 3. The molecule has 0 heterocycles. The topological polar surface area (TPSA) is 30.5 Å². The molecule has 1 fully saturated rings. The van der Waals surface area contributed by atoms with Crippen molar-refractivity contribution in [1.29, 1.82) is 0 Å². The molecule has 0 radical (unpaired) electrons. The summed E-state index contributed by atoms with van der Waals surface area (Å²) in [6.45, 7) is 7.92. The van der Waals surface area contributed by atoms with Crippen LogP contribution in [0.2, 0.25) is 0 Å². The number of ether oxygens (including phenoxy) is 2. The van der Waals surface area contributed by atoms with E-state index >= 15 is 0 Å². The lowest BCUT2D eigenvalue weighted by Crippen LogP contribution is -2.25. The molecule has 1 N–H and O–H groups in total. The summed E-state index contributed by atoms with van der Waals surface area (Å²) in [6, 6.07) is 6.50. The minimum absolute atomic E-state index is 0.366. The highest BCUT2D eigenvalue weighted by atomic mass is 16.5. The first-order valence-corrected chi connectivity index (χ1v) is 7.48. The maximum absolute atomic E-state index is 5.57. The van der Waals surface area contributed by atoms with Crippen LogP contribution in [-0.2, 0) is 0 Å². The molecule has 1 aromatic rings. The van der Waals surface area contributed by atoms with E-state index in [1.54, 1.807) is 14.2 Å². The second-order valence-corrected chi connectivity index (χ2v) is 6.34. The van der Waals surface area contributed by atoms with Gasteiger partial charge in [0, 0.05) is 17.7 Å². The van der Waals surface area contributed by atoms with Crippen molar-refractivity contribution in [2.45, 2.75) is 39.7 Å². The summed E-state index contributed by atoms with van der Waals surface area (Å²) in [5, 5.41) is 3.69. The van der Waals surface area contributed by atoms with Gasteiger partial charge in [0.05, 0.1) is 14.2 Å². The summed E-state index contributed by atoms with van der Waals surface area (Å²) in [5.74, 6) is 2.44. The molecule has 112 valence electrons. The van der Waals surface area contributed by atoms with E-state index in [0.717, 1.165) is 24.5 Å². The fourth-order valence-corrected chi connectivity index (χ4v) is 2.92. The van der Waals surface area contributed by atoms with E-state index in [-0.39, 0.29) is 0 Å². The molecule has 2 rings (SSSR count). The molecule has 0 saturated heterocycles. The predicted octanol–water partition coefficient (Wildman–Crippen LogP) is 3.79. The van der Waals surface area contributed by atoms with Crippen LogP contribution in [0.5, 0.6) is 11.5 Å². The normalized spacial score (nSPS) is 21.4. The Labute approximate surface area is 122 Å². The molecule has 3 heteroatoms. The summed E-state index contributed by atoms with van der Waals surface area (Å²) >= 11 is 0. The van der Waals surface area contributed by atoms with E-state index in [1.165, 1.54) is 12.0 Å². The molecule has 2 unspecified atom stereocenters. The van der Waals surface area contributed by atoms with Gasteiger partial charge in [-0.1, -0.05) is 26.8 Å². The van der Waals surface area contributed by atoms with E-state index < -0.39 is 0 Å². The van der Waals surface area contributed by atoms with E-state index in [2.05, 4.69) is 32.2 Å². The first-order chi connectivity index (χ1) is 9.53. The van der Waals surface area contributed by atoms with Gasteiger partial charge in [0.15, 0.2) is 0 Å². The number of benzene rings is 1. The van der Waals surface area contributed by atoms with Crippen LogP contribution in [0.15, 0.2) is 18.2 Å². The van der Waals surface area contributed by atoms with Crippen molar-refractivity contribution in [3.63, 3.8) is 0 Å². The third kappa shape index (κ3) is 3.09. The largest absolute Gasteiger partial charge is 0.497 e. The molecule has 1 aliphatic rings. The zero-order valence-corrected chi connectivity index (χ0v) is 13.3. The Balaban J connectivity index is 2.28. The number of hydrogen-bond donors (Lipinski definition) is 1. The average molecular weight is 277 g/mol. The maximum atomic E-state index is 5.57. The summed E-state index contributed by atoms with van der Waals surface area (Å²) in [5.41, 5.74) is 1.67. The monoisotopic (exact) mass is 277 g/mol. The maximum Gasteiger partial charge on any atom is 0.127 e. The standard InChI is InChI=1S/C17H27NO2/c1-6-9-18-16(14-11-17(14,2)3)13-8-7-12(19-4)10-15(13)20-5/h7-8,10,14,16,18H,6,9,11H2,1-5H3. The van der Waals surface area contributed by atoms with Crippen molar-refractivity contribution in [2.24, 2.45) is 11.3 Å². The highest BCUT2D eigenvalue weighted by Gasteiger charge is 2.50. The lowest BCUT2D eigenvalue weighted by molar-refractivity contribution is 0.367. The van der Waals surface area contributed by atoms with Gasteiger partial charge >= 0.3 is 0 Å². The summed E-state index contributed by atoms with van der Waals surface area (Å²) in [4.78, 5) is 0. The van der Waals surface area contributed by atoms with Crippen LogP contribution in [-0.4, -0.2) is 20.8 Å². The van der Waals surface area contributed by atoms with Crippen molar-refractivity contribution in [3.8, 4) is 11.5 Å². The quantitative estimate of drug-likeness (QED) is 0.822. The van der Waals surface area contributed by atoms with Crippen molar-refractivity contribution < 1.29 is 9.47 Å². The molecule has 1 aromatic carbocycles. The minimum atomic E-state index is 0.366. The SMILES string of the molecule is CCCNC(c1ccc(OC)cc1OC)C1CC1(C)C. The third-order valence-corrected chi connectivity index (χ3v) is 4.38. The lowest BCUT2D eigenvalue weighted by atomic mass is 9.96. The molecule has 0 aromatic heterocycles. The van der Waals surface area contributed by atoms with Gasteiger partial charge < -0.3 is 14.8 Å². The second kappa shape index (κ2) is 6.04. The van der Waals surface area contributed by atoms with Crippen LogP contribution >= 0.6 is 0 Å². The zero-order chi connectivity index (χ0) is 14.8. The van der Waals surface area contributed by atoms with Crippen molar-refractivity contribution in [2.75, 3.05) is 20.8 Å². The van der Waals surface area contributed by atoms with Crippen molar-refractivity contribution in [3.05, 3.63) is 23.8 Å². The highest BCUT2D eigenvalue weighted by Crippen LogP contribution is 2.58. The fourth-order valence-electron chi connectivity index (χ4n) is 2.92. The molecule has 0 spiro atoms. The molecular weight excluding hydrogens is 250 g/mol. The van der Waals surface area contributed by atoms with Gasteiger partial charge in [0.25, 0.3) is 0 Å². The molecular formula is C17H27NO2. The van der Waals surface area contributed by atoms with E-state index in [9.17, 15) is 0 Å². The van der Waals surface area contributed by atoms with Crippen LogP contribution in [0.4, 0.5) is 0 Å². The van der Waals surface area contributed by atoms with Gasteiger partial charge in [-0.3, -0.25) is 0 Å². The van der Waals surface area contributed by atoms with Crippen LogP contribution in [0.1, 0.15) is 45.2 Å². The molecule has 2 atom stereocenters. The van der Waals surface area contributed by atoms with E-state index in [1.807, 2.05) is 12.1 Å². The Morgan fingerprint density at radius 1 is 1.30 bits per heavy atom. The molecule has 0 aliphatic heterocycles. The molecule has 20 heavy (non-hydrogen) atoms. The first-order valence-electron chi connectivity index (χ1n) is 7.48. The summed E-state index contributed by atoms with van der Waals surface area (Å²) in [6.07, 6.45) is 2.41. The zero-order valence-electron chi connectivity index (χ0n) is 13.3. The second-order valence-electron chi connectivity index (χ2n) is 6.34. The van der Waals surface area contributed by atoms with Gasteiger partial charge in [-0.25, -0.2) is 0 Å². The lowest BCUT2D eigenvalue weighted by Gasteiger charge is -2.23. The number of nitrogens with one attached hydrogen (secondary N) is 1. The summed E-state index contributed by atoms with van der Waals surface area (Å²) in [7, 11) is 3.42. The number of rotatable bonds is 7. The first kappa shape index (κ1) is 15.2. The minimum Gasteiger partial charge on any atom is -0.497 e. The van der Waals surface area contributed by atoms with Gasteiger partial charge in [0.1, 0.15) is 11.5 Å². The van der Waals surface area contributed by atoms with Crippen LogP contribution in [0.3, 0.4) is 0 Å². The van der Waals surface area contributed by atoms with Gasteiger partial charge in [0.2, 0.25) is 0 Å². The van der Waals surface area contributed by atoms with E-state index in [4.69, 9.17) is 9.47 Å². The van der Waals surface area contributed by atoms with Crippen molar-refractivity contribution in [1.82, 2.24) is 5.32 Å². The van der Waals surface area contributed by atoms with Gasteiger partial charge in [-0.15, -0.1) is 0 Å². The van der Waals surface area contributed by atoms with E-state index in [0.29, 0.717) is 17.4 Å². The Bertz CT molecular complexity index is 456. The Morgan fingerprint density at radius 2 is 2.00 bits per heavy atom. The fraction of sp³-hybridized carbons (Fsp3) is 0.647. The van der Waals surface area contributed by atoms with Gasteiger partial charge in [-0.05, 0) is 36.8 Å². The highest BCUT2D eigenvalue weighted by molar-refractivity contribution is 5.43. The molecule has 0 amide bonds. The van der Waals surface area contributed by atoms with Crippen LogP contribution in [0, 0.1) is 11.3 Å². The molecule has 1 saturated carbocycles. The van der Waals surface area contributed by atoms with Crippen molar-refractivity contribution >= 4 is 0 Å². The Morgan fingerprint density at radius 3 is 2.50 bits per heavy atom. The number of methoxy groups -OCH3 is 2.